The first-order valence-electron chi connectivity index (χ1n) is 8.22. The van der Waals surface area contributed by atoms with Crippen LogP contribution in [0.1, 0.15) is 36.5 Å². The summed E-state index contributed by atoms with van der Waals surface area (Å²) < 4.78 is 38.9. The highest BCUT2D eigenvalue weighted by Gasteiger charge is 2.32. The molecule has 5 nitrogen and oxygen atoms in total. The molecule has 1 unspecified atom stereocenters. The van der Waals surface area contributed by atoms with Crippen molar-refractivity contribution in [2.45, 2.75) is 50.9 Å². The molecule has 2 aromatic rings. The third-order valence-corrected chi connectivity index (χ3v) is 4.25. The first-order chi connectivity index (χ1) is 11.9. The smallest absolute Gasteiger partial charge is 0.353 e. The van der Waals surface area contributed by atoms with Crippen molar-refractivity contribution in [3.63, 3.8) is 0 Å². The number of halogens is 3. The molecule has 0 fully saturated rings. The van der Waals surface area contributed by atoms with E-state index in [-0.39, 0.29) is 6.04 Å². The molecule has 2 heterocycles. The topological polar surface area (TPSA) is 59.8 Å². The molecule has 1 aromatic heterocycles. The lowest BCUT2D eigenvalue weighted by molar-refractivity contribution is -0.154. The second-order valence-corrected chi connectivity index (χ2v) is 6.23. The number of hydrogen-bond donors (Lipinski definition) is 1. The lowest BCUT2D eigenvalue weighted by Gasteiger charge is -2.17. The van der Waals surface area contributed by atoms with Crippen LogP contribution in [0.5, 0.6) is 0 Å². The molecular formula is C17H19F3N4O. The molecule has 8 heteroatoms. The summed E-state index contributed by atoms with van der Waals surface area (Å²) in [6.07, 6.45) is -3.55. The summed E-state index contributed by atoms with van der Waals surface area (Å²) in [6.45, 7) is 0.585. The molecule has 25 heavy (non-hydrogen) atoms. The van der Waals surface area contributed by atoms with Crippen molar-refractivity contribution < 1.29 is 18.0 Å². The van der Waals surface area contributed by atoms with Gasteiger partial charge in [-0.1, -0.05) is 30.3 Å². The Morgan fingerprint density at radius 2 is 1.96 bits per heavy atom. The SMILES string of the molecule is O=C(CC(F)(F)F)NC1CCc2nnc(Cc3ccccc3)n2CC1. The first kappa shape index (κ1) is 17.4. The molecule has 3 rings (SSSR count). The number of benzene rings is 1. The Morgan fingerprint density at radius 1 is 1.20 bits per heavy atom. The lowest BCUT2D eigenvalue weighted by atomic mass is 10.1. The number of fused-ring (bicyclic) bond motifs is 1. The van der Waals surface area contributed by atoms with E-state index in [1.807, 2.05) is 34.9 Å². The van der Waals surface area contributed by atoms with Crippen molar-refractivity contribution in [3.05, 3.63) is 47.5 Å². The fourth-order valence-corrected chi connectivity index (χ4v) is 3.06. The van der Waals surface area contributed by atoms with Crippen LogP contribution >= 0.6 is 0 Å². The highest BCUT2D eigenvalue weighted by atomic mass is 19.4. The number of aromatic nitrogens is 3. The maximum Gasteiger partial charge on any atom is 0.397 e. The van der Waals surface area contributed by atoms with Gasteiger partial charge in [-0.25, -0.2) is 0 Å². The largest absolute Gasteiger partial charge is 0.397 e. The number of alkyl halides is 3. The Bertz CT molecular complexity index is 727. The molecule has 0 spiro atoms. The summed E-state index contributed by atoms with van der Waals surface area (Å²) in [7, 11) is 0. The Morgan fingerprint density at radius 3 is 2.68 bits per heavy atom. The van der Waals surface area contributed by atoms with Crippen LogP contribution in [0.2, 0.25) is 0 Å². The number of carbonyl (C=O) groups is 1. The van der Waals surface area contributed by atoms with Gasteiger partial charge in [-0.15, -0.1) is 10.2 Å². The number of rotatable bonds is 4. The molecule has 1 aliphatic rings. The van der Waals surface area contributed by atoms with E-state index in [2.05, 4.69) is 15.5 Å². The zero-order valence-electron chi connectivity index (χ0n) is 13.6. The number of carbonyl (C=O) groups excluding carboxylic acids is 1. The van der Waals surface area contributed by atoms with E-state index in [9.17, 15) is 18.0 Å². The van der Waals surface area contributed by atoms with Gasteiger partial charge >= 0.3 is 6.18 Å². The summed E-state index contributed by atoms with van der Waals surface area (Å²) in [5.41, 5.74) is 1.12. The summed E-state index contributed by atoms with van der Waals surface area (Å²) in [4.78, 5) is 11.5. The minimum Gasteiger partial charge on any atom is -0.353 e. The van der Waals surface area contributed by atoms with Crippen molar-refractivity contribution >= 4 is 5.91 Å². The molecule has 0 saturated carbocycles. The van der Waals surface area contributed by atoms with Gasteiger partial charge in [0.1, 0.15) is 18.1 Å². The van der Waals surface area contributed by atoms with Gasteiger partial charge in [-0.2, -0.15) is 13.2 Å². The Labute approximate surface area is 143 Å². The molecule has 0 saturated heterocycles. The van der Waals surface area contributed by atoms with E-state index in [1.54, 1.807) is 0 Å². The van der Waals surface area contributed by atoms with Gasteiger partial charge in [-0.3, -0.25) is 4.79 Å². The van der Waals surface area contributed by atoms with Gasteiger partial charge in [0.25, 0.3) is 0 Å². The molecule has 0 bridgehead atoms. The molecular weight excluding hydrogens is 333 g/mol. The quantitative estimate of drug-likeness (QED) is 0.920. The number of nitrogens with one attached hydrogen (secondary N) is 1. The van der Waals surface area contributed by atoms with Crippen molar-refractivity contribution in [2.75, 3.05) is 0 Å². The molecule has 1 N–H and O–H groups in total. The summed E-state index contributed by atoms with van der Waals surface area (Å²) in [6, 6.07) is 9.61. The van der Waals surface area contributed by atoms with Crippen LogP contribution < -0.4 is 5.32 Å². The zero-order valence-corrected chi connectivity index (χ0v) is 13.6. The molecule has 0 radical (unpaired) electrons. The van der Waals surface area contributed by atoms with E-state index in [1.165, 1.54) is 0 Å². The van der Waals surface area contributed by atoms with Crippen LogP contribution in [0, 0.1) is 0 Å². The average Bonchev–Trinajstić information content (AvgIpc) is 2.79. The number of aryl methyl sites for hydroxylation is 1. The summed E-state index contributed by atoms with van der Waals surface area (Å²) >= 11 is 0. The van der Waals surface area contributed by atoms with Crippen LogP contribution in [0.25, 0.3) is 0 Å². The van der Waals surface area contributed by atoms with Crippen LogP contribution in [0.15, 0.2) is 30.3 Å². The molecule has 1 aliphatic heterocycles. The normalized spacial score (nSPS) is 17.6. The predicted octanol–water partition coefficient (Wildman–Crippen LogP) is 2.64. The van der Waals surface area contributed by atoms with Crippen molar-refractivity contribution in [1.82, 2.24) is 20.1 Å². The van der Waals surface area contributed by atoms with E-state index in [0.29, 0.717) is 32.2 Å². The Kier molecular flexibility index (Phi) is 5.06. The van der Waals surface area contributed by atoms with Gasteiger partial charge in [0.05, 0.1) is 0 Å². The first-order valence-corrected chi connectivity index (χ1v) is 8.22. The van der Waals surface area contributed by atoms with Crippen molar-refractivity contribution in [3.8, 4) is 0 Å². The molecule has 1 atom stereocenters. The third kappa shape index (κ3) is 4.80. The third-order valence-electron chi connectivity index (χ3n) is 4.25. The Balaban J connectivity index is 1.62. The average molecular weight is 352 g/mol. The molecule has 1 amide bonds. The maximum atomic E-state index is 12.3. The zero-order chi connectivity index (χ0) is 17.9. The van der Waals surface area contributed by atoms with Gasteiger partial charge in [0.2, 0.25) is 5.91 Å². The van der Waals surface area contributed by atoms with Crippen LogP contribution in [0.4, 0.5) is 13.2 Å². The number of nitrogens with zero attached hydrogens (tertiary/aromatic N) is 3. The monoisotopic (exact) mass is 352 g/mol. The van der Waals surface area contributed by atoms with Crippen LogP contribution in [-0.2, 0) is 24.2 Å². The van der Waals surface area contributed by atoms with Crippen LogP contribution in [-0.4, -0.2) is 32.9 Å². The highest BCUT2D eigenvalue weighted by Crippen LogP contribution is 2.21. The highest BCUT2D eigenvalue weighted by molar-refractivity contribution is 5.76. The van der Waals surface area contributed by atoms with E-state index < -0.39 is 18.5 Å². The second-order valence-electron chi connectivity index (χ2n) is 6.23. The van der Waals surface area contributed by atoms with E-state index in [0.717, 1.165) is 17.2 Å². The standard InChI is InChI=1S/C17H19F3N4O/c18-17(19,20)11-16(25)21-13-6-7-14-22-23-15(24(14)9-8-13)10-12-4-2-1-3-5-12/h1-5,13H,6-11H2,(H,21,25). The van der Waals surface area contributed by atoms with Gasteiger partial charge in [0, 0.05) is 25.4 Å². The lowest BCUT2D eigenvalue weighted by Crippen LogP contribution is -2.37. The van der Waals surface area contributed by atoms with E-state index in [4.69, 9.17) is 0 Å². The maximum absolute atomic E-state index is 12.3. The Hall–Kier alpha value is -2.38. The minimum atomic E-state index is -4.48. The summed E-state index contributed by atoms with van der Waals surface area (Å²) in [5, 5.41) is 10.9. The van der Waals surface area contributed by atoms with Crippen molar-refractivity contribution in [2.24, 2.45) is 0 Å². The van der Waals surface area contributed by atoms with Gasteiger partial charge < -0.3 is 9.88 Å². The van der Waals surface area contributed by atoms with Crippen molar-refractivity contribution in [1.29, 1.82) is 0 Å². The fraction of sp³-hybridized carbons (Fsp3) is 0.471. The molecule has 0 aliphatic carbocycles. The predicted molar refractivity (Wildman–Crippen MR) is 84.8 cm³/mol. The van der Waals surface area contributed by atoms with Gasteiger partial charge in [0.15, 0.2) is 0 Å². The molecule has 134 valence electrons. The second kappa shape index (κ2) is 7.25. The molecule has 1 aromatic carbocycles. The fourth-order valence-electron chi connectivity index (χ4n) is 3.06. The van der Waals surface area contributed by atoms with E-state index >= 15 is 0 Å². The number of hydrogen-bond acceptors (Lipinski definition) is 3. The summed E-state index contributed by atoms with van der Waals surface area (Å²) in [5.74, 6) is 0.682. The minimum absolute atomic E-state index is 0.277. The van der Waals surface area contributed by atoms with Crippen LogP contribution in [0.3, 0.4) is 0 Å². The number of amides is 1. The van der Waals surface area contributed by atoms with Gasteiger partial charge in [-0.05, 0) is 18.4 Å².